The van der Waals surface area contributed by atoms with E-state index in [0.29, 0.717) is 32.0 Å². The van der Waals surface area contributed by atoms with Gasteiger partial charge in [0.1, 0.15) is 15.6 Å². The van der Waals surface area contributed by atoms with Gasteiger partial charge in [-0.2, -0.15) is 0 Å². The summed E-state index contributed by atoms with van der Waals surface area (Å²) < 4.78 is 5.10. The number of thiazole rings is 1. The average Bonchev–Trinajstić information content (AvgIpc) is 2.98. The second-order valence-corrected chi connectivity index (χ2v) is 6.36. The first-order valence-electron chi connectivity index (χ1n) is 7.12. The summed E-state index contributed by atoms with van der Waals surface area (Å²) in [6.07, 6.45) is 1.70. The van der Waals surface area contributed by atoms with Gasteiger partial charge in [0, 0.05) is 11.9 Å². The number of aromatic nitrogens is 2. The zero-order valence-corrected chi connectivity index (χ0v) is 14.6. The van der Waals surface area contributed by atoms with Crippen molar-refractivity contribution in [3.63, 3.8) is 0 Å². The highest BCUT2D eigenvalue weighted by Crippen LogP contribution is 2.29. The molecule has 0 spiro atoms. The van der Waals surface area contributed by atoms with Crippen LogP contribution in [0.2, 0.25) is 5.02 Å². The molecule has 0 aliphatic heterocycles. The Morgan fingerprint density at radius 1 is 1.29 bits per heavy atom. The maximum atomic E-state index is 12.5. The molecule has 24 heavy (non-hydrogen) atoms. The number of amides is 1. The van der Waals surface area contributed by atoms with Gasteiger partial charge in [-0.25, -0.2) is 4.98 Å². The Kier molecular flexibility index (Phi) is 4.78. The van der Waals surface area contributed by atoms with E-state index in [1.54, 1.807) is 38.4 Å². The third-order valence-corrected chi connectivity index (χ3v) is 4.77. The van der Waals surface area contributed by atoms with E-state index in [9.17, 15) is 4.79 Å². The van der Waals surface area contributed by atoms with E-state index in [1.807, 2.05) is 18.2 Å². The summed E-state index contributed by atoms with van der Waals surface area (Å²) in [4.78, 5) is 21.8. The highest BCUT2D eigenvalue weighted by Gasteiger charge is 2.17. The van der Waals surface area contributed by atoms with Crippen molar-refractivity contribution in [2.75, 3.05) is 12.4 Å². The molecule has 0 aliphatic carbocycles. The van der Waals surface area contributed by atoms with E-state index in [1.165, 1.54) is 11.3 Å². The second-order valence-electron chi connectivity index (χ2n) is 4.95. The highest BCUT2D eigenvalue weighted by molar-refractivity contribution is 7.17. The SMILES string of the molecule is COc1ccc(NC(=O)c2sc(-c3ccccn3)nc2C)cc1Cl. The maximum Gasteiger partial charge on any atom is 0.267 e. The molecule has 0 bridgehead atoms. The number of hydrogen-bond acceptors (Lipinski definition) is 5. The molecule has 2 aromatic heterocycles. The van der Waals surface area contributed by atoms with Crippen molar-refractivity contribution in [1.29, 1.82) is 0 Å². The zero-order chi connectivity index (χ0) is 17.1. The molecule has 0 radical (unpaired) electrons. The number of nitrogens with one attached hydrogen (secondary N) is 1. The minimum atomic E-state index is -0.228. The number of pyridine rings is 1. The van der Waals surface area contributed by atoms with Gasteiger partial charge in [-0.1, -0.05) is 17.7 Å². The van der Waals surface area contributed by atoms with Crippen LogP contribution in [0, 0.1) is 6.92 Å². The van der Waals surface area contributed by atoms with Gasteiger partial charge in [0.05, 0.1) is 23.5 Å². The molecule has 2 heterocycles. The summed E-state index contributed by atoms with van der Waals surface area (Å²) in [5.41, 5.74) is 2.01. The van der Waals surface area contributed by atoms with Crippen LogP contribution in [0.4, 0.5) is 5.69 Å². The number of aryl methyl sites for hydroxylation is 1. The lowest BCUT2D eigenvalue weighted by Crippen LogP contribution is -2.11. The standard InChI is InChI=1S/C17H14ClN3O2S/c1-10-15(24-17(20-10)13-5-3-4-8-19-13)16(22)21-11-6-7-14(23-2)12(18)9-11/h3-9H,1-2H3,(H,21,22). The lowest BCUT2D eigenvalue weighted by molar-refractivity contribution is 0.103. The molecule has 0 atom stereocenters. The number of hydrogen-bond donors (Lipinski definition) is 1. The van der Waals surface area contributed by atoms with Crippen LogP contribution >= 0.6 is 22.9 Å². The minimum Gasteiger partial charge on any atom is -0.495 e. The number of nitrogens with zero attached hydrogens (tertiary/aromatic N) is 2. The topological polar surface area (TPSA) is 64.1 Å². The molecule has 0 aliphatic rings. The van der Waals surface area contributed by atoms with E-state index in [-0.39, 0.29) is 5.91 Å². The number of benzene rings is 1. The second kappa shape index (κ2) is 6.98. The third-order valence-electron chi connectivity index (χ3n) is 3.30. The Bertz CT molecular complexity index is 881. The quantitative estimate of drug-likeness (QED) is 0.748. The first-order chi connectivity index (χ1) is 11.6. The zero-order valence-electron chi connectivity index (χ0n) is 13.0. The van der Waals surface area contributed by atoms with Crippen LogP contribution in [-0.4, -0.2) is 23.0 Å². The first-order valence-corrected chi connectivity index (χ1v) is 8.31. The number of halogens is 1. The highest BCUT2D eigenvalue weighted by atomic mass is 35.5. The Balaban J connectivity index is 1.83. The monoisotopic (exact) mass is 359 g/mol. The number of ether oxygens (including phenoxy) is 1. The Morgan fingerprint density at radius 2 is 2.12 bits per heavy atom. The first kappa shape index (κ1) is 16.4. The number of methoxy groups -OCH3 is 1. The van der Waals surface area contributed by atoms with Crippen LogP contribution in [-0.2, 0) is 0 Å². The van der Waals surface area contributed by atoms with Crippen molar-refractivity contribution in [3.8, 4) is 16.5 Å². The summed E-state index contributed by atoms with van der Waals surface area (Å²) in [6.45, 7) is 1.80. The van der Waals surface area contributed by atoms with E-state index in [2.05, 4.69) is 15.3 Å². The molecule has 5 nitrogen and oxygen atoms in total. The Hall–Kier alpha value is -2.44. The molecule has 7 heteroatoms. The van der Waals surface area contributed by atoms with Gasteiger partial charge in [-0.3, -0.25) is 9.78 Å². The molecular weight excluding hydrogens is 346 g/mol. The summed E-state index contributed by atoms with van der Waals surface area (Å²) in [7, 11) is 1.54. The van der Waals surface area contributed by atoms with Crippen LogP contribution in [0.25, 0.3) is 10.7 Å². The van der Waals surface area contributed by atoms with Crippen LogP contribution in [0.15, 0.2) is 42.6 Å². The van der Waals surface area contributed by atoms with Crippen LogP contribution in [0.1, 0.15) is 15.4 Å². The lowest BCUT2D eigenvalue weighted by Gasteiger charge is -2.07. The summed E-state index contributed by atoms with van der Waals surface area (Å²) in [5.74, 6) is 0.328. The fourth-order valence-corrected chi connectivity index (χ4v) is 3.33. The predicted molar refractivity (Wildman–Crippen MR) is 96.0 cm³/mol. The molecule has 1 amide bonds. The van der Waals surface area contributed by atoms with Crippen molar-refractivity contribution >= 4 is 34.5 Å². The molecule has 0 saturated carbocycles. The van der Waals surface area contributed by atoms with Crippen molar-refractivity contribution in [3.05, 3.63) is 58.2 Å². The van der Waals surface area contributed by atoms with E-state index < -0.39 is 0 Å². The summed E-state index contributed by atoms with van der Waals surface area (Å²) in [6, 6.07) is 10.7. The van der Waals surface area contributed by atoms with Crippen LogP contribution in [0.5, 0.6) is 5.75 Å². The van der Waals surface area contributed by atoms with Crippen molar-refractivity contribution in [2.45, 2.75) is 6.92 Å². The maximum absolute atomic E-state index is 12.5. The Labute approximate surface area is 148 Å². The van der Waals surface area contributed by atoms with Gasteiger partial charge in [0.25, 0.3) is 5.91 Å². The molecule has 0 unspecified atom stereocenters. The number of anilines is 1. The van der Waals surface area contributed by atoms with Gasteiger partial charge in [0.2, 0.25) is 0 Å². The number of carbonyl (C=O) groups excluding carboxylic acids is 1. The van der Waals surface area contributed by atoms with Crippen molar-refractivity contribution < 1.29 is 9.53 Å². The average molecular weight is 360 g/mol. The number of rotatable bonds is 4. The fraction of sp³-hybridized carbons (Fsp3) is 0.118. The molecule has 1 N–H and O–H groups in total. The normalized spacial score (nSPS) is 10.5. The molecule has 1 aromatic carbocycles. The van der Waals surface area contributed by atoms with Gasteiger partial charge < -0.3 is 10.1 Å². The minimum absolute atomic E-state index is 0.228. The fourth-order valence-electron chi connectivity index (χ4n) is 2.14. The molecule has 3 rings (SSSR count). The van der Waals surface area contributed by atoms with Crippen molar-refractivity contribution in [2.24, 2.45) is 0 Å². The van der Waals surface area contributed by atoms with Crippen LogP contribution < -0.4 is 10.1 Å². The number of carbonyl (C=O) groups is 1. The Morgan fingerprint density at radius 3 is 2.79 bits per heavy atom. The lowest BCUT2D eigenvalue weighted by atomic mass is 10.3. The molecule has 122 valence electrons. The summed E-state index contributed by atoms with van der Waals surface area (Å²) in [5, 5.41) is 3.98. The summed E-state index contributed by atoms with van der Waals surface area (Å²) >= 11 is 7.39. The van der Waals surface area contributed by atoms with E-state index >= 15 is 0 Å². The van der Waals surface area contributed by atoms with E-state index in [4.69, 9.17) is 16.3 Å². The van der Waals surface area contributed by atoms with E-state index in [0.717, 1.165) is 5.69 Å². The molecular formula is C17H14ClN3O2S. The third kappa shape index (κ3) is 3.39. The van der Waals surface area contributed by atoms with Gasteiger partial charge in [0.15, 0.2) is 0 Å². The van der Waals surface area contributed by atoms with Crippen LogP contribution in [0.3, 0.4) is 0 Å². The molecule has 0 saturated heterocycles. The largest absolute Gasteiger partial charge is 0.495 e. The van der Waals surface area contributed by atoms with Crippen molar-refractivity contribution in [1.82, 2.24) is 9.97 Å². The van der Waals surface area contributed by atoms with Gasteiger partial charge in [-0.15, -0.1) is 11.3 Å². The molecule has 3 aromatic rings. The molecule has 0 fully saturated rings. The van der Waals surface area contributed by atoms with Gasteiger partial charge in [-0.05, 0) is 37.3 Å². The predicted octanol–water partition coefficient (Wildman–Crippen LogP) is 4.43. The van der Waals surface area contributed by atoms with Gasteiger partial charge >= 0.3 is 0 Å². The smallest absolute Gasteiger partial charge is 0.267 e.